The molecule has 174 valence electrons. The van der Waals surface area contributed by atoms with E-state index >= 15 is 0 Å². The average molecular weight is 491 g/mol. The van der Waals surface area contributed by atoms with Crippen LogP contribution in [-0.4, -0.2) is 48.3 Å². The summed E-state index contributed by atoms with van der Waals surface area (Å²) in [6, 6.07) is 10.5. The molecule has 1 aliphatic heterocycles. The Balaban J connectivity index is 1.31. The summed E-state index contributed by atoms with van der Waals surface area (Å²) in [5, 5.41) is 7.89. The van der Waals surface area contributed by atoms with Crippen LogP contribution in [0.2, 0.25) is 10.0 Å². The van der Waals surface area contributed by atoms with E-state index in [0.717, 1.165) is 31.5 Å². The fourth-order valence-corrected chi connectivity index (χ4v) is 4.07. The van der Waals surface area contributed by atoms with E-state index in [1.165, 1.54) is 0 Å². The van der Waals surface area contributed by atoms with Gasteiger partial charge in [0, 0.05) is 17.2 Å². The summed E-state index contributed by atoms with van der Waals surface area (Å²) < 4.78 is 16.1. The van der Waals surface area contributed by atoms with E-state index in [4.69, 9.17) is 37.2 Å². The van der Waals surface area contributed by atoms with Crippen LogP contribution in [0, 0.1) is 5.92 Å². The van der Waals surface area contributed by atoms with Gasteiger partial charge in [-0.1, -0.05) is 28.4 Å². The fourth-order valence-electron chi connectivity index (χ4n) is 3.77. The maximum Gasteiger partial charge on any atom is 0.241 e. The standard InChI is InChI=1S/C23H24Cl2N4O4/c1-31-19-6-3-15(11-20(19)32-2)22-27-21(33-28-22)13-29-9-7-14(8-10-29)23(30)26-16-4-5-17(24)18(25)12-16/h3-6,11-12,14H,7-10,13H2,1-2H3,(H,26,30). The molecule has 33 heavy (non-hydrogen) atoms. The van der Waals surface area contributed by atoms with Crippen LogP contribution in [0.5, 0.6) is 11.5 Å². The lowest BCUT2D eigenvalue weighted by atomic mass is 9.96. The number of aromatic nitrogens is 2. The number of methoxy groups -OCH3 is 2. The number of rotatable bonds is 7. The van der Waals surface area contributed by atoms with E-state index in [2.05, 4.69) is 20.4 Å². The van der Waals surface area contributed by atoms with Crippen molar-refractivity contribution in [2.45, 2.75) is 19.4 Å². The second-order valence-electron chi connectivity index (χ2n) is 7.75. The van der Waals surface area contributed by atoms with Gasteiger partial charge in [0.25, 0.3) is 0 Å². The number of halogens is 2. The molecule has 1 aromatic heterocycles. The maximum atomic E-state index is 12.6. The second-order valence-corrected chi connectivity index (χ2v) is 8.56. The smallest absolute Gasteiger partial charge is 0.241 e. The maximum absolute atomic E-state index is 12.6. The molecule has 1 N–H and O–H groups in total. The Bertz CT molecular complexity index is 1130. The van der Waals surface area contributed by atoms with Crippen LogP contribution in [0.3, 0.4) is 0 Å². The molecular formula is C23H24Cl2N4O4. The number of piperidine rings is 1. The van der Waals surface area contributed by atoms with E-state index in [9.17, 15) is 4.79 Å². The molecule has 2 aromatic carbocycles. The van der Waals surface area contributed by atoms with Gasteiger partial charge in [-0.05, 0) is 62.3 Å². The Labute approximate surface area is 201 Å². The summed E-state index contributed by atoms with van der Waals surface area (Å²) in [5.74, 6) is 2.17. The number of hydrogen-bond donors (Lipinski definition) is 1. The normalized spacial score (nSPS) is 14.8. The molecule has 0 unspecified atom stereocenters. The molecule has 3 aromatic rings. The van der Waals surface area contributed by atoms with E-state index in [1.807, 2.05) is 12.1 Å². The summed E-state index contributed by atoms with van der Waals surface area (Å²) in [7, 11) is 3.17. The molecule has 0 atom stereocenters. The quantitative estimate of drug-likeness (QED) is 0.502. The van der Waals surface area contributed by atoms with Gasteiger partial charge in [-0.15, -0.1) is 0 Å². The van der Waals surface area contributed by atoms with Crippen LogP contribution in [-0.2, 0) is 11.3 Å². The third kappa shape index (κ3) is 5.58. The second kappa shape index (κ2) is 10.4. The van der Waals surface area contributed by atoms with Gasteiger partial charge in [0.15, 0.2) is 11.5 Å². The van der Waals surface area contributed by atoms with Crippen molar-refractivity contribution in [2.24, 2.45) is 5.92 Å². The van der Waals surface area contributed by atoms with Crippen LogP contribution >= 0.6 is 23.2 Å². The third-order valence-electron chi connectivity index (χ3n) is 5.61. The first kappa shape index (κ1) is 23.4. The van der Waals surface area contributed by atoms with Crippen molar-refractivity contribution in [3.8, 4) is 22.9 Å². The predicted octanol–water partition coefficient (Wildman–Crippen LogP) is 4.91. The van der Waals surface area contributed by atoms with Crippen molar-refractivity contribution in [1.29, 1.82) is 0 Å². The Morgan fingerprint density at radius 1 is 1.09 bits per heavy atom. The van der Waals surface area contributed by atoms with Crippen LogP contribution in [0.4, 0.5) is 5.69 Å². The predicted molar refractivity (Wildman–Crippen MR) is 126 cm³/mol. The number of nitrogens with zero attached hydrogens (tertiary/aromatic N) is 3. The molecule has 1 aliphatic rings. The van der Waals surface area contributed by atoms with E-state index in [0.29, 0.717) is 45.5 Å². The van der Waals surface area contributed by atoms with Crippen molar-refractivity contribution < 1.29 is 18.8 Å². The lowest BCUT2D eigenvalue weighted by Crippen LogP contribution is -2.37. The SMILES string of the molecule is COc1ccc(-c2noc(CN3CCC(C(=O)Nc4ccc(Cl)c(Cl)c4)CC3)n2)cc1OC. The molecular weight excluding hydrogens is 467 g/mol. The van der Waals surface area contributed by atoms with Gasteiger partial charge in [-0.25, -0.2) is 0 Å². The number of anilines is 1. The summed E-state index contributed by atoms with van der Waals surface area (Å²) in [6.45, 7) is 2.04. The number of ether oxygens (including phenoxy) is 2. The van der Waals surface area contributed by atoms with Crippen molar-refractivity contribution in [3.63, 3.8) is 0 Å². The van der Waals surface area contributed by atoms with E-state index in [-0.39, 0.29) is 11.8 Å². The molecule has 2 heterocycles. The minimum Gasteiger partial charge on any atom is -0.493 e. The van der Waals surface area contributed by atoms with Crippen molar-refractivity contribution in [1.82, 2.24) is 15.0 Å². The summed E-state index contributed by atoms with van der Waals surface area (Å²) in [6.07, 6.45) is 1.48. The zero-order valence-corrected chi connectivity index (χ0v) is 19.8. The molecule has 0 saturated carbocycles. The van der Waals surface area contributed by atoms with Gasteiger partial charge in [0.2, 0.25) is 17.6 Å². The van der Waals surface area contributed by atoms with Crippen molar-refractivity contribution >= 4 is 34.8 Å². The minimum absolute atomic E-state index is 0.0124. The number of carbonyl (C=O) groups is 1. The highest BCUT2D eigenvalue weighted by atomic mass is 35.5. The monoisotopic (exact) mass is 490 g/mol. The number of likely N-dealkylation sites (tertiary alicyclic amines) is 1. The highest BCUT2D eigenvalue weighted by molar-refractivity contribution is 6.42. The first-order chi connectivity index (χ1) is 16.0. The molecule has 0 bridgehead atoms. The molecule has 4 rings (SSSR count). The lowest BCUT2D eigenvalue weighted by Gasteiger charge is -2.30. The highest BCUT2D eigenvalue weighted by Gasteiger charge is 2.26. The van der Waals surface area contributed by atoms with Gasteiger partial charge >= 0.3 is 0 Å². The van der Waals surface area contributed by atoms with Crippen LogP contribution in [0.25, 0.3) is 11.4 Å². The summed E-state index contributed by atoms with van der Waals surface area (Å²) in [4.78, 5) is 19.3. The lowest BCUT2D eigenvalue weighted by molar-refractivity contribution is -0.121. The molecule has 1 fully saturated rings. The van der Waals surface area contributed by atoms with Crippen molar-refractivity contribution in [3.05, 3.63) is 52.3 Å². The number of hydrogen-bond acceptors (Lipinski definition) is 7. The number of benzene rings is 2. The van der Waals surface area contributed by atoms with Crippen LogP contribution in [0.1, 0.15) is 18.7 Å². The fraction of sp³-hybridized carbons (Fsp3) is 0.348. The Morgan fingerprint density at radius 3 is 2.55 bits per heavy atom. The van der Waals surface area contributed by atoms with Crippen molar-refractivity contribution in [2.75, 3.05) is 32.6 Å². The largest absolute Gasteiger partial charge is 0.493 e. The average Bonchev–Trinajstić information content (AvgIpc) is 3.30. The van der Waals surface area contributed by atoms with E-state index < -0.39 is 0 Å². The molecule has 8 nitrogen and oxygen atoms in total. The van der Waals surface area contributed by atoms with Gasteiger partial charge in [0.1, 0.15) is 0 Å². The Kier molecular flexibility index (Phi) is 7.37. The number of nitrogens with one attached hydrogen (secondary N) is 1. The number of carbonyl (C=O) groups excluding carboxylic acids is 1. The van der Waals surface area contributed by atoms with Gasteiger partial charge in [-0.2, -0.15) is 4.98 Å². The summed E-state index contributed by atoms with van der Waals surface area (Å²) >= 11 is 12.0. The summed E-state index contributed by atoms with van der Waals surface area (Å²) in [5.41, 5.74) is 1.42. The zero-order valence-electron chi connectivity index (χ0n) is 18.3. The topological polar surface area (TPSA) is 89.7 Å². The van der Waals surface area contributed by atoms with Gasteiger partial charge in [-0.3, -0.25) is 9.69 Å². The molecule has 0 spiro atoms. The van der Waals surface area contributed by atoms with Gasteiger partial charge < -0.3 is 19.3 Å². The first-order valence-electron chi connectivity index (χ1n) is 10.5. The molecule has 1 amide bonds. The molecule has 0 radical (unpaired) electrons. The molecule has 1 saturated heterocycles. The van der Waals surface area contributed by atoms with Gasteiger partial charge in [0.05, 0.1) is 30.8 Å². The Morgan fingerprint density at radius 2 is 1.85 bits per heavy atom. The minimum atomic E-state index is -0.0688. The zero-order chi connectivity index (χ0) is 23.4. The Hall–Kier alpha value is -2.81. The van der Waals surface area contributed by atoms with Crippen LogP contribution < -0.4 is 14.8 Å². The van der Waals surface area contributed by atoms with E-state index in [1.54, 1.807) is 38.5 Å². The van der Waals surface area contributed by atoms with Crippen LogP contribution in [0.15, 0.2) is 40.9 Å². The molecule has 0 aliphatic carbocycles. The number of amides is 1. The first-order valence-corrected chi connectivity index (χ1v) is 11.3. The molecule has 10 heteroatoms. The highest BCUT2D eigenvalue weighted by Crippen LogP contribution is 2.31. The third-order valence-corrected chi connectivity index (χ3v) is 6.35.